The van der Waals surface area contributed by atoms with Gasteiger partial charge in [0.25, 0.3) is 5.17 Å². The van der Waals surface area contributed by atoms with Crippen molar-refractivity contribution in [1.82, 2.24) is 4.90 Å². The first kappa shape index (κ1) is 36.4. The van der Waals surface area contributed by atoms with Crippen molar-refractivity contribution in [1.29, 1.82) is 0 Å². The molecule has 0 aromatic heterocycles. The van der Waals surface area contributed by atoms with Crippen molar-refractivity contribution in [2.45, 2.75) is 128 Å². The Morgan fingerprint density at radius 2 is 1.55 bits per heavy atom. The Morgan fingerprint density at radius 3 is 2.11 bits per heavy atom. The number of carbonyl (C=O) groups is 1. The highest BCUT2D eigenvalue weighted by Crippen LogP contribution is 2.39. The molecule has 0 radical (unpaired) electrons. The van der Waals surface area contributed by atoms with E-state index in [-0.39, 0.29) is 39.7 Å². The summed E-state index contributed by atoms with van der Waals surface area (Å²) in [6.45, 7) is 22.7. The molecule has 0 unspecified atom stereocenters. The van der Waals surface area contributed by atoms with E-state index in [9.17, 15) is 9.90 Å². The summed E-state index contributed by atoms with van der Waals surface area (Å²) in [6.07, 6.45) is 1.55. The molecular weight excluding hydrogens is 603 g/mol. The molecule has 0 saturated carbocycles. The lowest BCUT2D eigenvalue weighted by atomic mass is 10.0. The van der Waals surface area contributed by atoms with Crippen LogP contribution in [0.15, 0.2) is 54.6 Å². The quantitative estimate of drug-likeness (QED) is 0.173. The maximum absolute atomic E-state index is 13.4. The summed E-state index contributed by atoms with van der Waals surface area (Å²) in [7, 11) is -4.03. The molecule has 1 aliphatic rings. The van der Waals surface area contributed by atoms with Gasteiger partial charge in [0.05, 0.1) is 18.6 Å². The van der Waals surface area contributed by atoms with E-state index in [1.807, 2.05) is 30.3 Å². The fourth-order valence-corrected chi connectivity index (χ4v) is 7.56. The second-order valence-corrected chi connectivity index (χ2v) is 25.2. The molecule has 1 aliphatic heterocycles. The second-order valence-electron chi connectivity index (χ2n) is 15.3. The lowest BCUT2D eigenvalue weighted by Crippen LogP contribution is -2.45. The minimum absolute atomic E-state index is 0.0222. The summed E-state index contributed by atoms with van der Waals surface area (Å²) in [5.74, 6) is 0.710. The van der Waals surface area contributed by atoms with Gasteiger partial charge < -0.3 is 18.7 Å². The number of amides is 1. The number of hydrogen-bond donors (Lipinski definition) is 1. The van der Waals surface area contributed by atoms with Crippen LogP contribution in [0.25, 0.3) is 0 Å². The Hall–Kier alpha value is -2.05. The van der Waals surface area contributed by atoms with Crippen LogP contribution in [0.4, 0.5) is 0 Å². The number of ether oxygens (including phenoxy) is 1. The lowest BCUT2D eigenvalue weighted by molar-refractivity contribution is -0.130. The van der Waals surface area contributed by atoms with Gasteiger partial charge in [0.2, 0.25) is 14.2 Å². The van der Waals surface area contributed by atoms with Gasteiger partial charge in [0, 0.05) is 6.10 Å². The minimum atomic E-state index is -2.12. The van der Waals surface area contributed by atoms with Gasteiger partial charge in [0.15, 0.2) is 8.32 Å². The maximum Gasteiger partial charge on any atom is 0.266 e. The predicted molar refractivity (Wildman–Crippen MR) is 189 cm³/mol. The fraction of sp³-hybridized carbons (Fsp3) is 0.600. The smallest absolute Gasteiger partial charge is 0.266 e. The van der Waals surface area contributed by atoms with Crippen LogP contribution in [-0.4, -0.2) is 62.6 Å². The third kappa shape index (κ3) is 9.98. The third-order valence-electron chi connectivity index (χ3n) is 9.61. The molecule has 3 rings (SSSR count). The highest BCUT2D eigenvalue weighted by Gasteiger charge is 2.41. The minimum Gasteiger partial charge on any atom is -0.544 e. The number of aliphatic hydroxyl groups excluding tert-OH is 1. The van der Waals surface area contributed by atoms with E-state index < -0.39 is 22.7 Å². The Labute approximate surface area is 273 Å². The van der Waals surface area contributed by atoms with E-state index in [2.05, 4.69) is 92.0 Å². The fourth-order valence-electron chi connectivity index (χ4n) is 4.81. The van der Waals surface area contributed by atoms with E-state index >= 15 is 0 Å². The topological polar surface area (TPSA) is 68.2 Å². The van der Waals surface area contributed by atoms with Gasteiger partial charge in [-0.25, -0.2) is 0 Å². The van der Waals surface area contributed by atoms with Gasteiger partial charge in [-0.2, -0.15) is 0 Å². The number of thiocarbonyl (C=S) groups is 1. The Morgan fingerprint density at radius 1 is 0.955 bits per heavy atom. The van der Waals surface area contributed by atoms with Crippen molar-refractivity contribution >= 4 is 39.9 Å². The van der Waals surface area contributed by atoms with Crippen LogP contribution in [0.5, 0.6) is 5.75 Å². The zero-order valence-electron chi connectivity index (χ0n) is 28.6. The van der Waals surface area contributed by atoms with Crippen molar-refractivity contribution in [3.8, 4) is 5.75 Å². The number of benzene rings is 2. The zero-order valence-corrected chi connectivity index (χ0v) is 31.4. The number of nitrogens with zero attached hydrogens (tertiary/aromatic N) is 1. The highest BCUT2D eigenvalue weighted by molar-refractivity contribution is 7.80. The number of aliphatic hydroxyl groups is 1. The normalized spacial score (nSPS) is 17.8. The molecule has 1 heterocycles. The Kier molecular flexibility index (Phi) is 12.1. The summed E-state index contributed by atoms with van der Waals surface area (Å²) < 4.78 is 18.9. The molecular formula is C35H55NO5SSi2. The molecule has 9 heteroatoms. The maximum atomic E-state index is 13.4. The van der Waals surface area contributed by atoms with Gasteiger partial charge in [-0.05, 0) is 97.4 Å². The molecule has 3 atom stereocenters. The van der Waals surface area contributed by atoms with E-state index in [1.54, 1.807) is 4.90 Å². The molecule has 0 spiro atoms. The van der Waals surface area contributed by atoms with Gasteiger partial charge in [-0.15, -0.1) is 0 Å². The van der Waals surface area contributed by atoms with Crippen LogP contribution in [0.3, 0.4) is 0 Å². The molecule has 2 aromatic rings. The summed E-state index contributed by atoms with van der Waals surface area (Å²) in [5.41, 5.74) is 2.32. The first-order valence-electron chi connectivity index (χ1n) is 16.0. The van der Waals surface area contributed by atoms with Gasteiger partial charge in [-0.3, -0.25) is 9.69 Å². The van der Waals surface area contributed by atoms with E-state index in [4.69, 9.17) is 25.8 Å². The Balaban J connectivity index is 1.66. The molecule has 6 nitrogen and oxygen atoms in total. The van der Waals surface area contributed by atoms with Crippen molar-refractivity contribution in [3.05, 3.63) is 65.7 Å². The first-order chi connectivity index (χ1) is 20.3. The largest absolute Gasteiger partial charge is 0.544 e. The lowest BCUT2D eigenvalue weighted by Gasteiger charge is -2.40. The molecule has 44 heavy (non-hydrogen) atoms. The van der Waals surface area contributed by atoms with Crippen LogP contribution in [0.2, 0.25) is 36.3 Å². The van der Waals surface area contributed by atoms with Gasteiger partial charge in [0.1, 0.15) is 12.4 Å². The molecule has 1 N–H and O–H groups in total. The number of aryl methyl sites for hydroxylation is 1. The molecule has 0 aliphatic carbocycles. The van der Waals surface area contributed by atoms with Crippen molar-refractivity contribution < 1.29 is 23.5 Å². The molecule has 1 saturated heterocycles. The van der Waals surface area contributed by atoms with Crippen LogP contribution in [-0.2, 0) is 26.8 Å². The van der Waals surface area contributed by atoms with Crippen molar-refractivity contribution in [2.75, 3.05) is 6.61 Å². The van der Waals surface area contributed by atoms with Gasteiger partial charge in [-0.1, -0.05) is 84.0 Å². The van der Waals surface area contributed by atoms with E-state index in [0.29, 0.717) is 19.4 Å². The standard InChI is InChI=1S/C35H55NO5SSi2/c1-34(2,3)43(7,8)40-30-19-16-26(17-20-30)18-21-31(41-44(9,10)35(4,5)6)23-29(37)24-32(38)36-28(25-39-33(36)42)22-27-14-12-11-13-15-27/h11-17,19-20,28-29,31,37H,18,21-25H2,1-10H3/t28-,29-,31-/m0/s1. The summed E-state index contributed by atoms with van der Waals surface area (Å²) >= 11 is 5.39. The molecule has 244 valence electrons. The molecule has 1 amide bonds. The van der Waals surface area contributed by atoms with E-state index in [1.165, 1.54) is 5.56 Å². The Bertz CT molecular complexity index is 1240. The van der Waals surface area contributed by atoms with Crippen LogP contribution in [0, 0.1) is 0 Å². The average Bonchev–Trinajstić information content (AvgIpc) is 3.26. The average molecular weight is 658 g/mol. The van der Waals surface area contributed by atoms with Crippen LogP contribution >= 0.6 is 12.2 Å². The van der Waals surface area contributed by atoms with Gasteiger partial charge >= 0.3 is 0 Å². The molecule has 1 fully saturated rings. The number of hydrogen-bond acceptors (Lipinski definition) is 6. The third-order valence-corrected chi connectivity index (χ3v) is 18.8. The summed E-state index contributed by atoms with van der Waals surface area (Å²) in [6, 6.07) is 18.2. The highest BCUT2D eigenvalue weighted by atomic mass is 32.1. The van der Waals surface area contributed by atoms with Crippen molar-refractivity contribution in [2.24, 2.45) is 0 Å². The van der Waals surface area contributed by atoms with E-state index in [0.717, 1.165) is 24.2 Å². The summed E-state index contributed by atoms with van der Waals surface area (Å²) in [4.78, 5) is 15.0. The molecule has 0 bridgehead atoms. The first-order valence-corrected chi connectivity index (χ1v) is 22.2. The predicted octanol–water partition coefficient (Wildman–Crippen LogP) is 8.29. The SMILES string of the molecule is CC(C)(C)[Si](C)(C)Oc1ccc(CC[C@@H](C[C@H](O)CC(=O)N2C(=S)OC[C@@H]2Cc2ccccc2)O[Si](C)(C)C(C)(C)C)cc1. The van der Waals surface area contributed by atoms with Crippen LogP contribution in [0.1, 0.15) is 71.9 Å². The zero-order chi connectivity index (χ0) is 32.9. The van der Waals surface area contributed by atoms with Crippen LogP contribution < -0.4 is 4.43 Å². The number of rotatable bonds is 13. The van der Waals surface area contributed by atoms with Crippen molar-refractivity contribution in [3.63, 3.8) is 0 Å². The molecule has 2 aromatic carbocycles. The second kappa shape index (κ2) is 14.6. The monoisotopic (exact) mass is 657 g/mol. The summed E-state index contributed by atoms with van der Waals surface area (Å²) in [5, 5.41) is 11.6. The number of carbonyl (C=O) groups excluding carboxylic acids is 1.